The SMILES string of the molecule is CC1(C)C(=O)N(Cl)C(=O)N1Br.CCCCCCCCCCO.N#CCCC(Br)(C#N)CBr. The van der Waals surface area contributed by atoms with Gasteiger partial charge in [-0.05, 0) is 26.7 Å². The molecular formula is C21H34Br3ClN4O3. The summed E-state index contributed by atoms with van der Waals surface area (Å²) in [5.41, 5.74) is -0.890. The molecule has 0 radical (unpaired) electrons. The molecule has 1 atom stereocenters. The summed E-state index contributed by atoms with van der Waals surface area (Å²) >= 11 is 14.7. The van der Waals surface area contributed by atoms with Crippen LogP contribution >= 0.6 is 59.8 Å². The molecular weight excluding hydrogens is 631 g/mol. The van der Waals surface area contributed by atoms with Gasteiger partial charge in [-0.1, -0.05) is 83.7 Å². The first-order valence-corrected chi connectivity index (χ1v) is 13.6. The summed E-state index contributed by atoms with van der Waals surface area (Å²) in [7, 11) is 0. The van der Waals surface area contributed by atoms with Crippen molar-refractivity contribution in [3.05, 3.63) is 0 Å². The third-order valence-corrected chi connectivity index (χ3v) is 8.64. The van der Waals surface area contributed by atoms with E-state index in [0.717, 1.165) is 10.3 Å². The molecule has 0 aromatic rings. The normalized spacial score (nSPS) is 16.2. The monoisotopic (exact) mass is 662 g/mol. The van der Waals surface area contributed by atoms with Crippen molar-refractivity contribution in [2.75, 3.05) is 11.9 Å². The van der Waals surface area contributed by atoms with Crippen molar-refractivity contribution in [2.45, 2.75) is 94.8 Å². The van der Waals surface area contributed by atoms with Gasteiger partial charge in [0.05, 0.1) is 28.3 Å². The first-order valence-electron chi connectivity index (χ1n) is 10.6. The average molecular weight is 666 g/mol. The standard InChI is InChI=1S/C10H22O.C6H6Br2N2.C5H6BrClN2O2/c1-2-3-4-5-6-7-8-9-10-11;7-4-6(8,5-10)2-1-3-9;1-5(2)3(10)8(7)4(11)9(5)6/h11H,2-10H2,1H3;1-2,4H2;1-2H3. The Morgan fingerprint density at radius 1 is 1.09 bits per heavy atom. The van der Waals surface area contributed by atoms with Crippen LogP contribution < -0.4 is 0 Å². The predicted molar refractivity (Wildman–Crippen MR) is 139 cm³/mol. The van der Waals surface area contributed by atoms with Gasteiger partial charge < -0.3 is 5.11 Å². The number of unbranched alkanes of at least 4 members (excludes halogenated alkanes) is 7. The van der Waals surface area contributed by atoms with Gasteiger partial charge in [-0.25, -0.2) is 8.72 Å². The molecule has 0 bridgehead atoms. The number of urea groups is 1. The minimum Gasteiger partial charge on any atom is -0.396 e. The number of imide groups is 1. The molecule has 1 fully saturated rings. The van der Waals surface area contributed by atoms with Gasteiger partial charge in [0, 0.05) is 30.1 Å². The Morgan fingerprint density at radius 2 is 1.59 bits per heavy atom. The lowest BCUT2D eigenvalue weighted by molar-refractivity contribution is -0.127. The summed E-state index contributed by atoms with van der Waals surface area (Å²) in [4.78, 5) is 22.1. The number of halogens is 4. The molecule has 1 N–H and O–H groups in total. The van der Waals surface area contributed by atoms with E-state index >= 15 is 0 Å². The summed E-state index contributed by atoms with van der Waals surface area (Å²) in [5.74, 6) is -0.430. The molecule has 0 aromatic heterocycles. The third kappa shape index (κ3) is 13.3. The fourth-order valence-corrected chi connectivity index (χ4v) is 3.67. The number of carbonyl (C=O) groups excluding carboxylic acids is 2. The second-order valence-corrected chi connectivity index (χ2v) is 10.9. The molecule has 184 valence electrons. The van der Waals surface area contributed by atoms with Crippen LogP contribution in [0.2, 0.25) is 0 Å². The summed E-state index contributed by atoms with van der Waals surface area (Å²) in [6, 6.07) is 3.52. The highest BCUT2D eigenvalue weighted by molar-refractivity contribution is 9.12. The van der Waals surface area contributed by atoms with Gasteiger partial charge in [-0.3, -0.25) is 4.79 Å². The van der Waals surface area contributed by atoms with Crippen molar-refractivity contribution < 1.29 is 14.7 Å². The fraction of sp³-hybridized carbons (Fsp3) is 0.810. The Morgan fingerprint density at radius 3 is 1.88 bits per heavy atom. The fourth-order valence-electron chi connectivity index (χ4n) is 2.38. The van der Waals surface area contributed by atoms with E-state index in [1.54, 1.807) is 13.8 Å². The van der Waals surface area contributed by atoms with Crippen molar-refractivity contribution in [1.82, 2.24) is 8.34 Å². The maximum absolute atomic E-state index is 11.1. The van der Waals surface area contributed by atoms with Crippen LogP contribution in [-0.2, 0) is 4.79 Å². The van der Waals surface area contributed by atoms with E-state index < -0.39 is 21.8 Å². The van der Waals surface area contributed by atoms with Gasteiger partial charge in [-0.2, -0.15) is 14.9 Å². The van der Waals surface area contributed by atoms with Gasteiger partial charge in [0.1, 0.15) is 9.86 Å². The molecule has 1 rings (SSSR count). The molecule has 11 heteroatoms. The number of aliphatic hydroxyl groups excluding tert-OH is 1. The van der Waals surface area contributed by atoms with E-state index in [2.05, 4.69) is 61.0 Å². The Hall–Kier alpha value is -0.390. The largest absolute Gasteiger partial charge is 0.396 e. The molecule has 1 aliphatic rings. The van der Waals surface area contributed by atoms with E-state index in [1.165, 1.54) is 44.9 Å². The molecule has 1 aliphatic heterocycles. The second-order valence-electron chi connectivity index (χ2n) is 7.78. The van der Waals surface area contributed by atoms with Crippen molar-refractivity contribution in [2.24, 2.45) is 0 Å². The van der Waals surface area contributed by atoms with Crippen molar-refractivity contribution >= 4 is 71.7 Å². The third-order valence-electron chi connectivity index (χ3n) is 4.59. The number of rotatable bonds is 11. The lowest BCUT2D eigenvalue weighted by Gasteiger charge is -2.19. The average Bonchev–Trinajstić information content (AvgIpc) is 2.92. The molecule has 1 unspecified atom stereocenters. The molecule has 1 saturated heterocycles. The van der Waals surface area contributed by atoms with Crippen LogP contribution in [0.25, 0.3) is 0 Å². The zero-order valence-electron chi connectivity index (χ0n) is 19.0. The molecule has 0 aliphatic carbocycles. The van der Waals surface area contributed by atoms with Crippen LogP contribution in [0.15, 0.2) is 0 Å². The van der Waals surface area contributed by atoms with Crippen LogP contribution in [0.4, 0.5) is 4.79 Å². The summed E-state index contributed by atoms with van der Waals surface area (Å²) < 4.78 is 1.13. The Labute approximate surface area is 223 Å². The van der Waals surface area contributed by atoms with Gasteiger partial charge in [0.2, 0.25) is 0 Å². The highest BCUT2D eigenvalue weighted by Crippen LogP contribution is 2.31. The van der Waals surface area contributed by atoms with Crippen LogP contribution in [0.1, 0.15) is 85.0 Å². The second kappa shape index (κ2) is 19.0. The molecule has 7 nitrogen and oxygen atoms in total. The number of amides is 3. The number of carbonyl (C=O) groups is 2. The zero-order chi connectivity index (χ0) is 25.2. The molecule has 1 heterocycles. The summed E-state index contributed by atoms with van der Waals surface area (Å²) in [6.07, 6.45) is 11.3. The number of nitrogens with zero attached hydrogens (tertiary/aromatic N) is 4. The van der Waals surface area contributed by atoms with Crippen LogP contribution in [-0.4, -0.2) is 47.2 Å². The number of hydrogen-bond donors (Lipinski definition) is 1. The molecule has 0 saturated carbocycles. The highest BCUT2D eigenvalue weighted by atomic mass is 79.9. The zero-order valence-corrected chi connectivity index (χ0v) is 24.6. The molecule has 3 amide bonds. The van der Waals surface area contributed by atoms with Crippen molar-refractivity contribution in [1.29, 1.82) is 10.5 Å². The quantitative estimate of drug-likeness (QED) is 0.111. The lowest BCUT2D eigenvalue weighted by atomic mass is 10.1. The predicted octanol–water partition coefficient (Wildman–Crippen LogP) is 6.95. The van der Waals surface area contributed by atoms with E-state index in [9.17, 15) is 9.59 Å². The van der Waals surface area contributed by atoms with Gasteiger partial charge in [0.25, 0.3) is 5.91 Å². The minimum atomic E-state index is -0.890. The number of hydrogen-bond acceptors (Lipinski definition) is 5. The summed E-state index contributed by atoms with van der Waals surface area (Å²) in [6.45, 7) is 5.81. The first-order chi connectivity index (χ1) is 15.0. The Kier molecular flexibility index (Phi) is 20.0. The van der Waals surface area contributed by atoms with Crippen LogP contribution in [0, 0.1) is 22.7 Å². The number of aliphatic hydroxyl groups is 1. The number of nitriles is 2. The van der Waals surface area contributed by atoms with Gasteiger partial charge in [-0.15, -0.1) is 0 Å². The van der Waals surface area contributed by atoms with Crippen molar-refractivity contribution in [3.63, 3.8) is 0 Å². The van der Waals surface area contributed by atoms with Gasteiger partial charge in [0.15, 0.2) is 0 Å². The van der Waals surface area contributed by atoms with E-state index in [-0.39, 0.29) is 0 Å². The van der Waals surface area contributed by atoms with Crippen molar-refractivity contribution in [3.8, 4) is 12.1 Å². The summed E-state index contributed by atoms with van der Waals surface area (Å²) in [5, 5.41) is 25.9. The van der Waals surface area contributed by atoms with Gasteiger partial charge >= 0.3 is 6.03 Å². The molecule has 32 heavy (non-hydrogen) atoms. The minimum absolute atomic E-state index is 0.370. The van der Waals surface area contributed by atoms with Crippen LogP contribution in [0.3, 0.4) is 0 Å². The topological polar surface area (TPSA) is 108 Å². The van der Waals surface area contributed by atoms with E-state index in [4.69, 9.17) is 27.4 Å². The van der Waals surface area contributed by atoms with E-state index in [1.807, 2.05) is 6.07 Å². The highest BCUT2D eigenvalue weighted by Gasteiger charge is 2.50. The lowest BCUT2D eigenvalue weighted by Crippen LogP contribution is -2.37. The first kappa shape index (κ1) is 33.8. The van der Waals surface area contributed by atoms with Crippen LogP contribution in [0.5, 0.6) is 0 Å². The molecule has 0 spiro atoms. The Bertz CT molecular complexity index is 633. The van der Waals surface area contributed by atoms with E-state index in [0.29, 0.717) is 29.2 Å². The Balaban J connectivity index is 0. The molecule has 0 aromatic carbocycles. The smallest absolute Gasteiger partial charge is 0.352 e. The maximum atomic E-state index is 11.1. The number of alkyl halides is 2. The maximum Gasteiger partial charge on any atom is 0.352 e.